The molecule has 0 radical (unpaired) electrons. The number of benzene rings is 2. The molecule has 5 atom stereocenters. The van der Waals surface area contributed by atoms with E-state index >= 15 is 0 Å². The van der Waals surface area contributed by atoms with E-state index in [0.717, 1.165) is 24.0 Å². The van der Waals surface area contributed by atoms with Crippen molar-refractivity contribution in [1.82, 2.24) is 10.2 Å². The Hall–Kier alpha value is -2.10. The maximum atomic E-state index is 14.1. The number of rotatable bonds is 5. The molecule has 35 heavy (non-hydrogen) atoms. The lowest BCUT2D eigenvalue weighted by molar-refractivity contribution is -0.135. The number of nitrogens with one attached hydrogen (secondary N) is 1. The summed E-state index contributed by atoms with van der Waals surface area (Å²) in [6.45, 7) is 6.97. The van der Waals surface area contributed by atoms with Crippen LogP contribution in [0, 0.1) is 16.7 Å². The summed E-state index contributed by atoms with van der Waals surface area (Å²) >= 11 is 12.6. The second-order valence-electron chi connectivity index (χ2n) is 11.0. The van der Waals surface area contributed by atoms with Crippen molar-refractivity contribution in [3.05, 3.63) is 69.7 Å². The topological polar surface area (TPSA) is 76.4 Å². The predicted octanol–water partition coefficient (Wildman–Crippen LogP) is 5.30. The number of amides is 1. The Bertz CT molecular complexity index is 1110. The van der Waals surface area contributed by atoms with Crippen molar-refractivity contribution in [2.45, 2.75) is 69.5 Å². The molecule has 2 saturated heterocycles. The Morgan fingerprint density at radius 1 is 1.20 bits per heavy atom. The number of nitriles is 1. The summed E-state index contributed by atoms with van der Waals surface area (Å²) in [5.74, 6) is -0.552. The molecule has 2 N–H and O–H groups in total. The maximum absolute atomic E-state index is 14.1. The van der Waals surface area contributed by atoms with Gasteiger partial charge in [0, 0.05) is 28.5 Å². The molecule has 7 heteroatoms. The predicted molar refractivity (Wildman–Crippen MR) is 140 cm³/mol. The molecule has 0 bridgehead atoms. The standard InChI is InChI=1S/C28H33Cl2N3O2/c1-27(2,3)15-23-28(17-31,19-9-11-20(29)12-10-19)24(18-6-4-7-21(30)14-18)25(32-23)26(35)33-13-5-8-22(33)16-34/h4,6-7,9-12,14,22-25,32,34H,5,8,13,15-16H2,1-3H3/t22-,23+,24+,25-,28+/m0/s1. The van der Waals surface area contributed by atoms with Crippen LogP contribution in [-0.4, -0.2) is 47.2 Å². The van der Waals surface area contributed by atoms with E-state index in [4.69, 9.17) is 23.2 Å². The van der Waals surface area contributed by atoms with E-state index in [-0.39, 0.29) is 30.0 Å². The van der Waals surface area contributed by atoms with Crippen LogP contribution in [0.2, 0.25) is 10.0 Å². The van der Waals surface area contributed by atoms with Gasteiger partial charge in [0.15, 0.2) is 0 Å². The average Bonchev–Trinajstić information content (AvgIpc) is 3.41. The first-order valence-electron chi connectivity index (χ1n) is 12.2. The van der Waals surface area contributed by atoms with E-state index < -0.39 is 17.4 Å². The van der Waals surface area contributed by atoms with Crippen molar-refractivity contribution in [3.63, 3.8) is 0 Å². The molecule has 4 rings (SSSR count). The molecule has 2 aliphatic rings. The van der Waals surface area contributed by atoms with Gasteiger partial charge in [0.05, 0.1) is 24.8 Å². The van der Waals surface area contributed by atoms with Gasteiger partial charge in [-0.15, -0.1) is 0 Å². The van der Waals surface area contributed by atoms with Crippen LogP contribution in [0.4, 0.5) is 0 Å². The number of carbonyl (C=O) groups is 1. The Balaban J connectivity index is 1.92. The highest BCUT2D eigenvalue weighted by Gasteiger charge is 2.60. The number of hydrogen-bond acceptors (Lipinski definition) is 4. The number of aliphatic hydroxyl groups is 1. The van der Waals surface area contributed by atoms with Crippen LogP contribution >= 0.6 is 23.2 Å². The molecule has 0 saturated carbocycles. The number of likely N-dealkylation sites (tertiary alicyclic amines) is 1. The van der Waals surface area contributed by atoms with Crippen LogP contribution in [0.3, 0.4) is 0 Å². The fraction of sp³-hybridized carbons (Fsp3) is 0.500. The fourth-order valence-electron chi connectivity index (χ4n) is 5.94. The van der Waals surface area contributed by atoms with Crippen LogP contribution in [0.5, 0.6) is 0 Å². The van der Waals surface area contributed by atoms with Gasteiger partial charge in [0.2, 0.25) is 5.91 Å². The zero-order valence-electron chi connectivity index (χ0n) is 20.5. The van der Waals surface area contributed by atoms with Gasteiger partial charge >= 0.3 is 0 Å². The largest absolute Gasteiger partial charge is 0.394 e. The highest BCUT2D eigenvalue weighted by Crippen LogP contribution is 2.52. The van der Waals surface area contributed by atoms with Crippen molar-refractivity contribution >= 4 is 29.1 Å². The first-order chi connectivity index (χ1) is 16.6. The molecule has 2 heterocycles. The van der Waals surface area contributed by atoms with E-state index in [0.29, 0.717) is 23.0 Å². The third-order valence-corrected chi connectivity index (χ3v) is 7.91. The first-order valence-corrected chi connectivity index (χ1v) is 13.0. The van der Waals surface area contributed by atoms with Crippen molar-refractivity contribution in [2.24, 2.45) is 5.41 Å². The molecule has 2 aromatic carbocycles. The third kappa shape index (κ3) is 4.95. The highest BCUT2D eigenvalue weighted by molar-refractivity contribution is 6.30. The van der Waals surface area contributed by atoms with Crippen LogP contribution in [0.25, 0.3) is 0 Å². The molecule has 5 nitrogen and oxygen atoms in total. The highest BCUT2D eigenvalue weighted by atomic mass is 35.5. The number of halogens is 2. The molecule has 186 valence electrons. The SMILES string of the molecule is CC(C)(C)C[C@H]1N[C@H](C(=O)N2CCC[C@H]2CO)[C@@H](c2cccc(Cl)c2)[C@]1(C#N)c1ccc(Cl)cc1. The number of aliphatic hydroxyl groups excluding tert-OH is 1. The minimum atomic E-state index is -1.03. The Morgan fingerprint density at radius 3 is 2.51 bits per heavy atom. The van der Waals surface area contributed by atoms with E-state index in [1.807, 2.05) is 30.3 Å². The molecular weight excluding hydrogens is 481 g/mol. The van der Waals surface area contributed by atoms with Gasteiger partial charge in [-0.05, 0) is 60.1 Å². The fourth-order valence-corrected chi connectivity index (χ4v) is 6.26. The Morgan fingerprint density at radius 2 is 1.91 bits per heavy atom. The molecule has 2 aliphatic heterocycles. The molecule has 1 amide bonds. The average molecular weight is 514 g/mol. The smallest absolute Gasteiger partial charge is 0.240 e. The van der Waals surface area contributed by atoms with Gasteiger partial charge in [-0.3, -0.25) is 4.79 Å². The van der Waals surface area contributed by atoms with Gasteiger partial charge in [-0.2, -0.15) is 5.26 Å². The lowest BCUT2D eigenvalue weighted by atomic mass is 9.63. The monoisotopic (exact) mass is 513 g/mol. The lowest BCUT2D eigenvalue weighted by Crippen LogP contribution is -2.49. The molecule has 0 spiro atoms. The summed E-state index contributed by atoms with van der Waals surface area (Å²) < 4.78 is 0. The van der Waals surface area contributed by atoms with Crippen molar-refractivity contribution < 1.29 is 9.90 Å². The van der Waals surface area contributed by atoms with Crippen molar-refractivity contribution in [2.75, 3.05) is 13.2 Å². The van der Waals surface area contributed by atoms with E-state index in [2.05, 4.69) is 32.2 Å². The summed E-state index contributed by atoms with van der Waals surface area (Å²) in [5, 5.41) is 25.6. The molecule has 2 aromatic rings. The molecular formula is C28H33Cl2N3O2. The molecule has 2 fully saturated rings. The summed E-state index contributed by atoms with van der Waals surface area (Å²) in [4.78, 5) is 15.9. The van der Waals surface area contributed by atoms with E-state index in [9.17, 15) is 15.2 Å². The summed E-state index contributed by atoms with van der Waals surface area (Å²) in [5.41, 5.74) is 0.546. The normalized spacial score (nSPS) is 28.8. The lowest BCUT2D eigenvalue weighted by Gasteiger charge is -2.37. The summed E-state index contributed by atoms with van der Waals surface area (Å²) in [7, 11) is 0. The number of carbonyl (C=O) groups excluding carboxylic acids is 1. The van der Waals surface area contributed by atoms with Crippen LogP contribution in [-0.2, 0) is 10.2 Å². The van der Waals surface area contributed by atoms with Crippen LogP contribution < -0.4 is 5.32 Å². The van der Waals surface area contributed by atoms with Gasteiger partial charge in [0.25, 0.3) is 0 Å². The zero-order chi connectivity index (χ0) is 25.4. The minimum Gasteiger partial charge on any atom is -0.394 e. The van der Waals surface area contributed by atoms with Gasteiger partial charge in [-0.25, -0.2) is 0 Å². The molecule has 0 aromatic heterocycles. The second-order valence-corrected chi connectivity index (χ2v) is 11.9. The van der Waals surface area contributed by atoms with Gasteiger partial charge in [0.1, 0.15) is 5.41 Å². The van der Waals surface area contributed by atoms with Crippen LogP contribution in [0.1, 0.15) is 57.1 Å². The molecule has 0 aliphatic carbocycles. The zero-order valence-corrected chi connectivity index (χ0v) is 22.0. The second kappa shape index (κ2) is 10.1. The number of nitrogens with zero attached hydrogens (tertiary/aromatic N) is 2. The summed E-state index contributed by atoms with van der Waals surface area (Å²) in [6, 6.07) is 16.5. The number of hydrogen-bond donors (Lipinski definition) is 2. The Labute approximate surface area is 218 Å². The Kier molecular flexibility index (Phi) is 7.50. The van der Waals surface area contributed by atoms with Crippen molar-refractivity contribution in [3.8, 4) is 6.07 Å². The van der Waals surface area contributed by atoms with Crippen LogP contribution in [0.15, 0.2) is 48.5 Å². The summed E-state index contributed by atoms with van der Waals surface area (Å²) in [6.07, 6.45) is 2.33. The van der Waals surface area contributed by atoms with Gasteiger partial charge < -0.3 is 15.3 Å². The quantitative estimate of drug-likeness (QED) is 0.568. The van der Waals surface area contributed by atoms with E-state index in [1.165, 1.54) is 0 Å². The van der Waals surface area contributed by atoms with Gasteiger partial charge in [-0.1, -0.05) is 68.2 Å². The first kappa shape index (κ1) is 26.0. The third-order valence-electron chi connectivity index (χ3n) is 7.42. The molecule has 0 unspecified atom stereocenters. The van der Waals surface area contributed by atoms with Crippen molar-refractivity contribution in [1.29, 1.82) is 5.26 Å². The van der Waals surface area contributed by atoms with E-state index in [1.54, 1.807) is 23.1 Å². The minimum absolute atomic E-state index is 0.0632. The maximum Gasteiger partial charge on any atom is 0.240 e.